The Morgan fingerprint density at radius 1 is 1.50 bits per heavy atom. The van der Waals surface area contributed by atoms with Crippen LogP contribution >= 0.6 is 15.9 Å². The molecule has 0 amide bonds. The largest absolute Gasteiger partial charge is 0.313 e. The molecule has 2 nitrogen and oxygen atoms in total. The minimum atomic E-state index is 0.120. The summed E-state index contributed by atoms with van der Waals surface area (Å²) in [5, 5.41) is 0.631. The molecule has 1 aromatic rings. The highest BCUT2D eigenvalue weighted by Gasteiger charge is 2.02. The Balaban J connectivity index is 3.34. The molecule has 3 heteroatoms. The van der Waals surface area contributed by atoms with Crippen LogP contribution < -0.4 is 5.56 Å². The van der Waals surface area contributed by atoms with E-state index in [1.54, 1.807) is 4.57 Å². The zero-order valence-electron chi connectivity index (χ0n) is 7.30. The van der Waals surface area contributed by atoms with Gasteiger partial charge >= 0.3 is 0 Å². The van der Waals surface area contributed by atoms with Crippen LogP contribution in [0.25, 0.3) is 0 Å². The second-order valence-electron chi connectivity index (χ2n) is 2.68. The number of aryl methyl sites for hydroxylation is 1. The highest BCUT2D eigenvalue weighted by atomic mass is 79.9. The van der Waals surface area contributed by atoms with Gasteiger partial charge in [-0.15, -0.1) is 0 Å². The summed E-state index contributed by atoms with van der Waals surface area (Å²) in [4.78, 5) is 11.6. The first-order chi connectivity index (χ1) is 5.70. The Morgan fingerprint density at radius 2 is 2.17 bits per heavy atom. The number of rotatable bonds is 2. The highest BCUT2D eigenvalue weighted by molar-refractivity contribution is 9.08. The van der Waals surface area contributed by atoms with Crippen LogP contribution in [0.4, 0.5) is 0 Å². The topological polar surface area (TPSA) is 22.0 Å². The Labute approximate surface area is 80.3 Å². The van der Waals surface area contributed by atoms with Crippen molar-refractivity contribution < 1.29 is 0 Å². The van der Waals surface area contributed by atoms with Crippen molar-refractivity contribution in [2.75, 3.05) is 0 Å². The van der Waals surface area contributed by atoms with Crippen molar-refractivity contribution in [1.29, 1.82) is 0 Å². The first-order valence-corrected chi connectivity index (χ1v) is 5.08. The van der Waals surface area contributed by atoms with E-state index in [4.69, 9.17) is 0 Å². The number of alkyl halides is 1. The molecule has 1 aromatic heterocycles. The predicted molar refractivity (Wildman–Crippen MR) is 53.7 cm³/mol. The molecular weight excluding hydrogens is 218 g/mol. The third kappa shape index (κ3) is 1.61. The van der Waals surface area contributed by atoms with Gasteiger partial charge in [-0.3, -0.25) is 4.79 Å². The molecule has 66 valence electrons. The van der Waals surface area contributed by atoms with Crippen LogP contribution in [-0.4, -0.2) is 4.57 Å². The van der Waals surface area contributed by atoms with Crippen molar-refractivity contribution in [2.24, 2.45) is 0 Å². The maximum atomic E-state index is 11.6. The summed E-state index contributed by atoms with van der Waals surface area (Å²) >= 11 is 3.28. The summed E-state index contributed by atoms with van der Waals surface area (Å²) in [7, 11) is 0. The average Bonchev–Trinajstić information content (AvgIpc) is 2.06. The second kappa shape index (κ2) is 3.90. The van der Waals surface area contributed by atoms with Crippen molar-refractivity contribution in [2.45, 2.75) is 25.7 Å². The summed E-state index contributed by atoms with van der Waals surface area (Å²) in [6.07, 6.45) is 0. The molecule has 0 unspecified atom stereocenters. The van der Waals surface area contributed by atoms with Gasteiger partial charge < -0.3 is 4.57 Å². The fourth-order valence-corrected chi connectivity index (χ4v) is 1.64. The van der Waals surface area contributed by atoms with Crippen molar-refractivity contribution in [3.63, 3.8) is 0 Å². The maximum Gasteiger partial charge on any atom is 0.254 e. The summed E-state index contributed by atoms with van der Waals surface area (Å²) in [6.45, 7) is 4.67. The lowest BCUT2D eigenvalue weighted by atomic mass is 10.2. The van der Waals surface area contributed by atoms with E-state index in [-0.39, 0.29) is 5.56 Å². The molecule has 0 saturated heterocycles. The highest BCUT2D eigenvalue weighted by Crippen LogP contribution is 2.02. The molecule has 0 spiro atoms. The van der Waals surface area contributed by atoms with Crippen molar-refractivity contribution in [3.8, 4) is 0 Å². The van der Waals surface area contributed by atoms with Gasteiger partial charge in [-0.1, -0.05) is 22.0 Å². The first-order valence-electron chi connectivity index (χ1n) is 3.96. The summed E-state index contributed by atoms with van der Waals surface area (Å²) in [6, 6.07) is 3.85. The van der Waals surface area contributed by atoms with Gasteiger partial charge in [0.05, 0.1) is 0 Å². The maximum absolute atomic E-state index is 11.6. The Hall–Kier alpha value is -0.570. The van der Waals surface area contributed by atoms with Gasteiger partial charge in [-0.2, -0.15) is 0 Å². The number of pyridine rings is 1. The Morgan fingerprint density at radius 3 is 2.67 bits per heavy atom. The quantitative estimate of drug-likeness (QED) is 0.713. The monoisotopic (exact) mass is 229 g/mol. The third-order valence-corrected chi connectivity index (χ3v) is 2.54. The van der Waals surface area contributed by atoms with E-state index in [1.807, 2.05) is 26.0 Å². The lowest BCUT2D eigenvalue weighted by Crippen LogP contribution is -2.23. The molecule has 0 fully saturated rings. The van der Waals surface area contributed by atoms with E-state index >= 15 is 0 Å². The first kappa shape index (κ1) is 9.52. The van der Waals surface area contributed by atoms with Crippen LogP contribution in [0.15, 0.2) is 16.9 Å². The molecule has 1 heterocycles. The number of halogens is 1. The normalized spacial score (nSPS) is 10.2. The van der Waals surface area contributed by atoms with Gasteiger partial charge in [0.1, 0.15) is 0 Å². The molecule has 0 bridgehead atoms. The van der Waals surface area contributed by atoms with Gasteiger partial charge in [-0.05, 0) is 19.9 Å². The van der Waals surface area contributed by atoms with Gasteiger partial charge in [0.25, 0.3) is 5.56 Å². The van der Waals surface area contributed by atoms with E-state index in [1.165, 1.54) is 0 Å². The molecule has 0 aliphatic rings. The van der Waals surface area contributed by atoms with Gasteiger partial charge in [-0.25, -0.2) is 0 Å². The molecule has 0 aliphatic carbocycles. The van der Waals surface area contributed by atoms with Crippen LogP contribution in [0.3, 0.4) is 0 Å². The number of aromatic nitrogens is 1. The Bertz CT molecular complexity index is 330. The third-order valence-electron chi connectivity index (χ3n) is 1.93. The number of hydrogen-bond donors (Lipinski definition) is 0. The van der Waals surface area contributed by atoms with Gasteiger partial charge in [0.2, 0.25) is 0 Å². The molecule has 0 atom stereocenters. The summed E-state index contributed by atoms with van der Waals surface area (Å²) in [5.74, 6) is 0. The number of nitrogens with zero attached hydrogens (tertiary/aromatic N) is 1. The minimum Gasteiger partial charge on any atom is -0.313 e. The summed E-state index contributed by atoms with van der Waals surface area (Å²) < 4.78 is 1.77. The lowest BCUT2D eigenvalue weighted by molar-refractivity contribution is 0.694. The molecule has 0 radical (unpaired) electrons. The van der Waals surface area contributed by atoms with E-state index < -0.39 is 0 Å². The zero-order chi connectivity index (χ0) is 9.14. The lowest BCUT2D eigenvalue weighted by Gasteiger charge is -2.07. The summed E-state index contributed by atoms with van der Waals surface area (Å²) in [5.41, 5.74) is 1.96. The predicted octanol–water partition coefficient (Wildman–Crippen LogP) is 2.07. The standard InChI is InChI=1S/C9H12BrNO/c1-3-11-7(2)4-5-8(6-10)9(11)12/h4-5H,3,6H2,1-2H3. The van der Waals surface area contributed by atoms with Crippen molar-refractivity contribution >= 4 is 15.9 Å². The van der Waals surface area contributed by atoms with Crippen molar-refractivity contribution in [3.05, 3.63) is 33.7 Å². The van der Waals surface area contributed by atoms with E-state index in [2.05, 4.69) is 15.9 Å². The fraction of sp³-hybridized carbons (Fsp3) is 0.444. The molecular formula is C9H12BrNO. The smallest absolute Gasteiger partial charge is 0.254 e. The zero-order valence-corrected chi connectivity index (χ0v) is 8.89. The number of hydrogen-bond acceptors (Lipinski definition) is 1. The van der Waals surface area contributed by atoms with Crippen LogP contribution in [0.5, 0.6) is 0 Å². The van der Waals surface area contributed by atoms with Crippen LogP contribution in [0.1, 0.15) is 18.2 Å². The van der Waals surface area contributed by atoms with Crippen LogP contribution in [-0.2, 0) is 11.9 Å². The average molecular weight is 230 g/mol. The molecule has 0 N–H and O–H groups in total. The molecule has 0 aliphatic heterocycles. The van der Waals surface area contributed by atoms with Gasteiger partial charge in [0, 0.05) is 23.1 Å². The SMILES string of the molecule is CCn1c(C)ccc(CBr)c1=O. The van der Waals surface area contributed by atoms with E-state index in [0.717, 1.165) is 17.8 Å². The molecule has 0 saturated carbocycles. The van der Waals surface area contributed by atoms with Crippen LogP contribution in [0, 0.1) is 6.92 Å². The molecule has 0 aromatic carbocycles. The van der Waals surface area contributed by atoms with Gasteiger partial charge in [0.15, 0.2) is 0 Å². The Kier molecular flexibility index (Phi) is 3.09. The fourth-order valence-electron chi connectivity index (χ4n) is 1.21. The second-order valence-corrected chi connectivity index (χ2v) is 3.24. The van der Waals surface area contributed by atoms with E-state index in [0.29, 0.717) is 5.33 Å². The molecule has 1 rings (SSSR count). The minimum absolute atomic E-state index is 0.120. The molecule has 12 heavy (non-hydrogen) atoms. The van der Waals surface area contributed by atoms with E-state index in [9.17, 15) is 4.79 Å². The van der Waals surface area contributed by atoms with Crippen LogP contribution in [0.2, 0.25) is 0 Å². The van der Waals surface area contributed by atoms with Crippen molar-refractivity contribution in [1.82, 2.24) is 4.57 Å².